The third-order valence-corrected chi connectivity index (χ3v) is 5.52. The Hall–Kier alpha value is -2.93. The summed E-state index contributed by atoms with van der Waals surface area (Å²) in [6.45, 7) is 0. The zero-order chi connectivity index (χ0) is 19.7. The molecule has 8 heteroatoms. The van der Waals surface area contributed by atoms with Gasteiger partial charge in [-0.25, -0.2) is 9.69 Å². The van der Waals surface area contributed by atoms with Crippen LogP contribution in [0.4, 0.5) is 16.2 Å². The lowest BCUT2D eigenvalue weighted by Crippen LogP contribution is -2.48. The molecule has 2 aromatic rings. The minimum Gasteiger partial charge on any atom is -0.323 e. The molecule has 2 heterocycles. The molecule has 1 aliphatic carbocycles. The summed E-state index contributed by atoms with van der Waals surface area (Å²) in [7, 11) is 0. The van der Waals surface area contributed by atoms with Crippen LogP contribution < -0.4 is 15.5 Å². The molecule has 4 rings (SSSR count). The first-order chi connectivity index (χ1) is 13.5. The fraction of sp³-hybridized carbons (Fsp3) is 0.300. The van der Waals surface area contributed by atoms with E-state index in [0.717, 1.165) is 24.2 Å². The minimum absolute atomic E-state index is 0.204. The molecule has 1 aliphatic heterocycles. The second-order valence-electron chi connectivity index (χ2n) is 7.05. The van der Waals surface area contributed by atoms with Crippen molar-refractivity contribution in [2.45, 2.75) is 37.6 Å². The van der Waals surface area contributed by atoms with Gasteiger partial charge in [-0.3, -0.25) is 14.6 Å². The van der Waals surface area contributed by atoms with Gasteiger partial charge >= 0.3 is 6.03 Å². The molecule has 1 spiro atoms. The molecule has 2 N–H and O–H groups in total. The minimum atomic E-state index is -0.815. The molecule has 2 fully saturated rings. The summed E-state index contributed by atoms with van der Waals surface area (Å²) < 4.78 is 0. The average Bonchev–Trinajstić information content (AvgIpc) is 2.93. The number of imide groups is 1. The molecule has 1 aromatic carbocycles. The van der Waals surface area contributed by atoms with E-state index in [0.29, 0.717) is 24.2 Å². The number of amides is 4. The van der Waals surface area contributed by atoms with E-state index in [1.807, 2.05) is 0 Å². The highest BCUT2D eigenvalue weighted by Gasteiger charge is 2.52. The number of hydrogen-bond donors (Lipinski definition) is 2. The summed E-state index contributed by atoms with van der Waals surface area (Å²) in [6.07, 6.45) is 5.70. The number of anilines is 2. The normalized spacial score (nSPS) is 18.2. The van der Waals surface area contributed by atoms with Gasteiger partial charge in [0, 0.05) is 11.9 Å². The van der Waals surface area contributed by atoms with E-state index in [1.54, 1.807) is 30.3 Å². The van der Waals surface area contributed by atoms with Gasteiger partial charge in [0.15, 0.2) is 0 Å². The van der Waals surface area contributed by atoms with E-state index in [4.69, 9.17) is 11.6 Å². The zero-order valence-corrected chi connectivity index (χ0v) is 15.8. The van der Waals surface area contributed by atoms with E-state index in [2.05, 4.69) is 15.6 Å². The number of nitrogens with one attached hydrogen (secondary N) is 2. The third kappa shape index (κ3) is 3.22. The van der Waals surface area contributed by atoms with Crippen LogP contribution in [-0.2, 0) is 4.79 Å². The molecular weight excluding hydrogens is 380 g/mol. The van der Waals surface area contributed by atoms with Gasteiger partial charge in [-0.15, -0.1) is 0 Å². The molecule has 1 saturated carbocycles. The molecule has 2 aliphatic rings. The van der Waals surface area contributed by atoms with E-state index < -0.39 is 11.6 Å². The average molecular weight is 399 g/mol. The van der Waals surface area contributed by atoms with Crippen LogP contribution in [0.2, 0.25) is 5.02 Å². The second-order valence-corrected chi connectivity index (χ2v) is 7.46. The Morgan fingerprint density at radius 3 is 2.61 bits per heavy atom. The van der Waals surface area contributed by atoms with Crippen molar-refractivity contribution in [1.29, 1.82) is 0 Å². The van der Waals surface area contributed by atoms with E-state index in [1.165, 1.54) is 12.3 Å². The number of aromatic nitrogens is 1. The van der Waals surface area contributed by atoms with Crippen molar-refractivity contribution in [3.05, 3.63) is 53.3 Å². The summed E-state index contributed by atoms with van der Waals surface area (Å²) in [6, 6.07) is 9.27. The van der Waals surface area contributed by atoms with E-state index in [-0.39, 0.29) is 22.5 Å². The lowest BCUT2D eigenvalue weighted by Gasteiger charge is -2.30. The molecular formula is C20H19ClN4O3. The maximum absolute atomic E-state index is 13.0. The first-order valence-corrected chi connectivity index (χ1v) is 9.57. The van der Waals surface area contributed by atoms with Gasteiger partial charge in [0.25, 0.3) is 11.8 Å². The topological polar surface area (TPSA) is 91.4 Å². The van der Waals surface area contributed by atoms with Crippen molar-refractivity contribution in [3.63, 3.8) is 0 Å². The Labute approximate surface area is 167 Å². The van der Waals surface area contributed by atoms with Crippen molar-refractivity contribution in [3.8, 4) is 0 Å². The van der Waals surface area contributed by atoms with Crippen LogP contribution >= 0.6 is 11.6 Å². The van der Waals surface area contributed by atoms with Crippen LogP contribution in [0, 0.1) is 0 Å². The van der Waals surface area contributed by atoms with Crippen LogP contribution in [-0.4, -0.2) is 28.4 Å². The number of carbonyl (C=O) groups is 3. The van der Waals surface area contributed by atoms with Gasteiger partial charge in [0.1, 0.15) is 11.2 Å². The number of hydrogen-bond acceptors (Lipinski definition) is 4. The fourth-order valence-electron chi connectivity index (χ4n) is 3.79. The Bertz CT molecular complexity index is 942. The van der Waals surface area contributed by atoms with Crippen molar-refractivity contribution in [2.75, 3.05) is 10.2 Å². The van der Waals surface area contributed by atoms with Gasteiger partial charge in [-0.05, 0) is 43.2 Å². The molecule has 0 atom stereocenters. The smallest absolute Gasteiger partial charge is 0.323 e. The van der Waals surface area contributed by atoms with E-state index >= 15 is 0 Å². The summed E-state index contributed by atoms with van der Waals surface area (Å²) in [5.41, 5.74) is 0.215. The molecule has 4 amide bonds. The summed E-state index contributed by atoms with van der Waals surface area (Å²) in [5, 5.41) is 5.77. The number of benzene rings is 1. The lowest BCUT2D eigenvalue weighted by atomic mass is 9.82. The first-order valence-electron chi connectivity index (χ1n) is 9.19. The van der Waals surface area contributed by atoms with Crippen molar-refractivity contribution in [1.82, 2.24) is 10.3 Å². The molecule has 1 aromatic heterocycles. The first kappa shape index (κ1) is 18.4. The van der Waals surface area contributed by atoms with Crippen LogP contribution in [0.1, 0.15) is 42.6 Å². The highest BCUT2D eigenvalue weighted by Crippen LogP contribution is 2.38. The lowest BCUT2D eigenvalue weighted by molar-refractivity contribution is -0.123. The van der Waals surface area contributed by atoms with Crippen molar-refractivity contribution in [2.24, 2.45) is 0 Å². The molecule has 0 radical (unpaired) electrons. The Kier molecular flexibility index (Phi) is 4.77. The number of nitrogens with zero attached hydrogens (tertiary/aromatic N) is 2. The van der Waals surface area contributed by atoms with Gasteiger partial charge in [0.05, 0.1) is 10.7 Å². The molecule has 144 valence electrons. The summed E-state index contributed by atoms with van der Waals surface area (Å²) >= 11 is 6.36. The second kappa shape index (κ2) is 7.24. The number of carbonyl (C=O) groups excluding carboxylic acids is 3. The van der Waals surface area contributed by atoms with Gasteiger partial charge < -0.3 is 10.6 Å². The van der Waals surface area contributed by atoms with Crippen molar-refractivity contribution >= 4 is 40.8 Å². The maximum atomic E-state index is 13.0. The van der Waals surface area contributed by atoms with Gasteiger partial charge in [0.2, 0.25) is 0 Å². The van der Waals surface area contributed by atoms with Gasteiger partial charge in [-0.1, -0.05) is 36.9 Å². The number of pyridine rings is 1. The van der Waals surface area contributed by atoms with Crippen LogP contribution in [0.15, 0.2) is 42.6 Å². The summed E-state index contributed by atoms with van der Waals surface area (Å²) in [5.74, 6) is -0.634. The molecule has 7 nitrogen and oxygen atoms in total. The maximum Gasteiger partial charge on any atom is 0.329 e. The highest BCUT2D eigenvalue weighted by atomic mass is 35.5. The van der Waals surface area contributed by atoms with Crippen molar-refractivity contribution < 1.29 is 14.4 Å². The van der Waals surface area contributed by atoms with Gasteiger partial charge in [-0.2, -0.15) is 0 Å². The molecule has 0 bridgehead atoms. The Morgan fingerprint density at radius 2 is 1.93 bits per heavy atom. The molecule has 28 heavy (non-hydrogen) atoms. The quantitative estimate of drug-likeness (QED) is 0.770. The fourth-order valence-corrected chi connectivity index (χ4v) is 4.06. The number of rotatable bonds is 3. The van der Waals surface area contributed by atoms with Crippen LogP contribution in [0.3, 0.4) is 0 Å². The largest absolute Gasteiger partial charge is 0.329 e. The third-order valence-electron chi connectivity index (χ3n) is 5.21. The monoisotopic (exact) mass is 398 g/mol. The standard InChI is InChI=1S/C20H19ClN4O3/c21-14-12-13(23-17(26)15-6-2-5-11-22-15)7-8-16(14)25-18(27)20(24-19(25)28)9-3-1-4-10-20/h2,5-8,11-12H,1,3-4,9-10H2,(H,23,26)(H,24,28). The predicted octanol–water partition coefficient (Wildman–Crippen LogP) is 3.75. The number of halogens is 1. The molecule has 1 saturated heterocycles. The highest BCUT2D eigenvalue weighted by molar-refractivity contribution is 6.36. The van der Waals surface area contributed by atoms with Crippen LogP contribution in [0.25, 0.3) is 0 Å². The Balaban J connectivity index is 1.56. The summed E-state index contributed by atoms with van der Waals surface area (Å²) in [4.78, 5) is 42.8. The predicted molar refractivity (Wildman–Crippen MR) is 105 cm³/mol. The molecule has 0 unspecified atom stereocenters. The van der Waals surface area contributed by atoms with E-state index in [9.17, 15) is 14.4 Å². The zero-order valence-electron chi connectivity index (χ0n) is 15.1. The Morgan fingerprint density at radius 1 is 1.14 bits per heavy atom. The van der Waals surface area contributed by atoms with Crippen LogP contribution in [0.5, 0.6) is 0 Å². The number of urea groups is 1. The SMILES string of the molecule is O=C(Nc1ccc(N2C(=O)NC3(CCCCC3)C2=O)c(Cl)c1)c1ccccn1.